The maximum Gasteiger partial charge on any atom is 0.252 e. The van der Waals surface area contributed by atoms with E-state index in [0.29, 0.717) is 36.0 Å². The van der Waals surface area contributed by atoms with Gasteiger partial charge in [-0.15, -0.1) is 0 Å². The Hall–Kier alpha value is -2.28. The molecule has 0 radical (unpaired) electrons. The number of aromatic nitrogens is 4. The van der Waals surface area contributed by atoms with Gasteiger partial charge in [0.25, 0.3) is 5.78 Å². The topological polar surface area (TPSA) is 72.2 Å². The van der Waals surface area contributed by atoms with E-state index >= 15 is 0 Å². The molecular formula is C27H30BrN5O. The number of nitrogens with zero attached hydrogens (tertiary/aromatic N) is 4. The summed E-state index contributed by atoms with van der Waals surface area (Å²) in [6.07, 6.45) is 9.04. The highest BCUT2D eigenvalue weighted by Crippen LogP contribution is 2.63. The minimum absolute atomic E-state index is 0.0649. The Morgan fingerprint density at radius 1 is 1.09 bits per heavy atom. The van der Waals surface area contributed by atoms with Gasteiger partial charge in [-0.25, -0.2) is 4.98 Å². The highest BCUT2D eigenvalue weighted by molar-refractivity contribution is 9.10. The van der Waals surface area contributed by atoms with Crippen LogP contribution >= 0.6 is 15.9 Å². The van der Waals surface area contributed by atoms with Crippen LogP contribution < -0.4 is 5.32 Å². The Bertz CT molecular complexity index is 1320. The summed E-state index contributed by atoms with van der Waals surface area (Å²) in [7, 11) is 0. The lowest BCUT2D eigenvalue weighted by Crippen LogP contribution is -2.61. The van der Waals surface area contributed by atoms with Crippen LogP contribution in [0.5, 0.6) is 0 Å². The van der Waals surface area contributed by atoms with Gasteiger partial charge < -0.3 is 5.32 Å². The summed E-state index contributed by atoms with van der Waals surface area (Å²) in [5, 5.41) is 7.94. The molecule has 7 heteroatoms. The Kier molecular flexibility index (Phi) is 4.41. The zero-order valence-electron chi connectivity index (χ0n) is 19.7. The van der Waals surface area contributed by atoms with E-state index in [1.807, 2.05) is 4.52 Å². The molecule has 1 aromatic carbocycles. The molecule has 1 aliphatic heterocycles. The van der Waals surface area contributed by atoms with Crippen LogP contribution in [0, 0.1) is 23.2 Å². The lowest BCUT2D eigenvalue weighted by atomic mass is 9.47. The van der Waals surface area contributed by atoms with Gasteiger partial charge in [-0.2, -0.15) is 14.6 Å². The van der Waals surface area contributed by atoms with E-state index in [2.05, 4.69) is 69.4 Å². The molecule has 6 atom stereocenters. The molecule has 34 heavy (non-hydrogen) atoms. The van der Waals surface area contributed by atoms with Crippen molar-refractivity contribution in [3.63, 3.8) is 0 Å². The second kappa shape index (κ2) is 7.12. The summed E-state index contributed by atoms with van der Waals surface area (Å²) in [6.45, 7) is 4.92. The summed E-state index contributed by atoms with van der Waals surface area (Å²) in [6, 6.07) is 8.89. The van der Waals surface area contributed by atoms with E-state index < -0.39 is 0 Å². The molecule has 176 valence electrons. The summed E-state index contributed by atoms with van der Waals surface area (Å²) in [5.41, 5.74) is 5.21. The van der Waals surface area contributed by atoms with Gasteiger partial charge in [-0.1, -0.05) is 41.9 Å². The lowest BCUT2D eigenvalue weighted by molar-refractivity contribution is -0.134. The number of hydrogen-bond donors (Lipinski definition) is 1. The fraction of sp³-hybridized carbons (Fsp3) is 0.556. The van der Waals surface area contributed by atoms with Crippen molar-refractivity contribution in [2.24, 2.45) is 23.2 Å². The first-order chi connectivity index (χ1) is 16.4. The summed E-state index contributed by atoms with van der Waals surface area (Å²) in [5.74, 6) is 2.85. The second-order valence-corrected chi connectivity index (χ2v) is 12.4. The molecule has 1 N–H and O–H groups in total. The van der Waals surface area contributed by atoms with E-state index in [0.717, 1.165) is 35.8 Å². The fourth-order valence-corrected chi connectivity index (χ4v) is 8.62. The number of fused-ring (bicyclic) bond motifs is 8. The van der Waals surface area contributed by atoms with Crippen LogP contribution in [-0.2, 0) is 16.6 Å². The quantitative estimate of drug-likeness (QED) is 0.486. The van der Waals surface area contributed by atoms with Crippen molar-refractivity contribution in [3.8, 4) is 11.3 Å². The molecule has 1 amide bonds. The highest BCUT2D eigenvalue weighted by Gasteiger charge is 2.60. The van der Waals surface area contributed by atoms with Gasteiger partial charge in [-0.3, -0.25) is 4.79 Å². The molecule has 7 rings (SSSR count). The van der Waals surface area contributed by atoms with Gasteiger partial charge in [0.1, 0.15) is 6.33 Å². The number of piperidine rings is 1. The number of carbonyl (C=O) groups is 1. The molecule has 3 heterocycles. The molecule has 3 aromatic rings. The maximum absolute atomic E-state index is 12.1. The lowest BCUT2D eigenvalue weighted by Gasteiger charge is -2.59. The van der Waals surface area contributed by atoms with Crippen LogP contribution in [0.2, 0.25) is 0 Å². The normalized spacial score (nSPS) is 36.4. The van der Waals surface area contributed by atoms with Crippen molar-refractivity contribution >= 4 is 27.6 Å². The van der Waals surface area contributed by atoms with Crippen molar-refractivity contribution < 1.29 is 4.79 Å². The number of hydrogen-bond acceptors (Lipinski definition) is 4. The summed E-state index contributed by atoms with van der Waals surface area (Å²) >= 11 is 3.58. The molecule has 4 aliphatic rings. The number of nitrogens with one attached hydrogen (secondary N) is 1. The maximum atomic E-state index is 12.1. The first-order valence-electron chi connectivity index (χ1n) is 12.7. The number of rotatable bonds is 1. The van der Waals surface area contributed by atoms with Crippen molar-refractivity contribution in [2.45, 2.75) is 70.3 Å². The van der Waals surface area contributed by atoms with Gasteiger partial charge in [0, 0.05) is 33.5 Å². The van der Waals surface area contributed by atoms with Crippen LogP contribution in [0.15, 0.2) is 35.1 Å². The van der Waals surface area contributed by atoms with Gasteiger partial charge in [0.15, 0.2) is 0 Å². The smallest absolute Gasteiger partial charge is 0.252 e. The van der Waals surface area contributed by atoms with Crippen molar-refractivity contribution in [1.82, 2.24) is 24.9 Å². The zero-order chi connectivity index (χ0) is 23.2. The molecule has 1 saturated heterocycles. The molecule has 3 fully saturated rings. The molecule has 2 aromatic heterocycles. The van der Waals surface area contributed by atoms with Crippen LogP contribution in [-0.4, -0.2) is 31.5 Å². The predicted molar refractivity (Wildman–Crippen MR) is 133 cm³/mol. The van der Waals surface area contributed by atoms with E-state index in [1.165, 1.54) is 29.7 Å². The highest BCUT2D eigenvalue weighted by atomic mass is 79.9. The predicted octanol–water partition coefficient (Wildman–Crippen LogP) is 5.09. The van der Waals surface area contributed by atoms with E-state index in [-0.39, 0.29) is 16.7 Å². The van der Waals surface area contributed by atoms with Crippen molar-refractivity contribution in [2.75, 3.05) is 0 Å². The van der Waals surface area contributed by atoms with Crippen LogP contribution in [0.3, 0.4) is 0 Å². The van der Waals surface area contributed by atoms with E-state index in [1.54, 1.807) is 6.33 Å². The average Bonchev–Trinajstić information content (AvgIpc) is 3.41. The Labute approximate surface area is 208 Å². The number of amides is 1. The van der Waals surface area contributed by atoms with Crippen molar-refractivity contribution in [3.05, 3.63) is 46.3 Å². The molecule has 3 aliphatic carbocycles. The first-order valence-corrected chi connectivity index (χ1v) is 13.5. The molecule has 0 bridgehead atoms. The molecule has 0 spiro atoms. The molecule has 6 nitrogen and oxygen atoms in total. The second-order valence-electron chi connectivity index (χ2n) is 11.5. The van der Waals surface area contributed by atoms with Gasteiger partial charge >= 0.3 is 0 Å². The van der Waals surface area contributed by atoms with Crippen LogP contribution in [0.4, 0.5) is 0 Å². The summed E-state index contributed by atoms with van der Waals surface area (Å²) in [4.78, 5) is 21.8. The molecule has 2 saturated carbocycles. The fourth-order valence-electron chi connectivity index (χ4n) is 8.36. The van der Waals surface area contributed by atoms with Gasteiger partial charge in [-0.05, 0) is 73.8 Å². The molecular weight excluding hydrogens is 490 g/mol. The monoisotopic (exact) mass is 519 g/mol. The van der Waals surface area contributed by atoms with Crippen LogP contribution in [0.25, 0.3) is 17.0 Å². The SMILES string of the molecule is C[C@]12CCC3C(CC[C@H]4NC(=O)CC[C@]34C)C1Cc1c2nc2ncnn2c1-c1ccc(Br)cc1. The third kappa shape index (κ3) is 2.73. The summed E-state index contributed by atoms with van der Waals surface area (Å²) < 4.78 is 3.01. The third-order valence-corrected chi connectivity index (χ3v) is 10.6. The van der Waals surface area contributed by atoms with Gasteiger partial charge in [0.05, 0.1) is 11.4 Å². The largest absolute Gasteiger partial charge is 0.353 e. The minimum Gasteiger partial charge on any atom is -0.353 e. The average molecular weight is 520 g/mol. The van der Waals surface area contributed by atoms with Crippen molar-refractivity contribution in [1.29, 1.82) is 0 Å². The number of carbonyl (C=O) groups excluding carboxylic acids is 1. The Balaban J connectivity index is 1.34. The Morgan fingerprint density at radius 3 is 2.74 bits per heavy atom. The van der Waals surface area contributed by atoms with E-state index in [9.17, 15) is 4.79 Å². The Morgan fingerprint density at radius 2 is 1.91 bits per heavy atom. The standard InChI is InChI=1S/C27H30BrN5O/c1-26-12-10-22(34)31-21(26)8-7-17-19(26)9-11-27(2)20(17)13-18-23(15-3-5-16(28)6-4-15)33-25(29-14-30-33)32-24(18)27/h3-6,14,17,19-21H,7-13H2,1-2H3,(H,31,34)/t17?,19?,20?,21-,26-,27+/m1/s1. The van der Waals surface area contributed by atoms with E-state index in [4.69, 9.17) is 4.98 Å². The van der Waals surface area contributed by atoms with Gasteiger partial charge in [0.2, 0.25) is 5.91 Å². The minimum atomic E-state index is 0.0649. The third-order valence-electron chi connectivity index (χ3n) is 10.1. The first kappa shape index (κ1) is 21.0. The van der Waals surface area contributed by atoms with Crippen LogP contribution in [0.1, 0.15) is 63.6 Å². The zero-order valence-corrected chi connectivity index (χ0v) is 21.3. The number of halogens is 1. The molecule has 3 unspecified atom stereocenters. The number of benzene rings is 1.